The Hall–Kier alpha value is -1.96. The number of benzene rings is 2. The van der Waals surface area contributed by atoms with Crippen molar-refractivity contribution >= 4 is 0 Å². The standard InChI is InChI=1S/C22H29NO5/c1-14-8-17(10-23-11-19(25)21(27)20(26)18(23)12-24)9-15(2)22(14)28-13-16-6-4-3-5-7-16/h3-9,18-21,24-27H,10-13H2,1-2H3. The van der Waals surface area contributed by atoms with Crippen molar-refractivity contribution in [3.63, 3.8) is 0 Å². The van der Waals surface area contributed by atoms with E-state index >= 15 is 0 Å². The average molecular weight is 387 g/mol. The van der Waals surface area contributed by atoms with E-state index < -0.39 is 24.4 Å². The van der Waals surface area contributed by atoms with Crippen molar-refractivity contribution in [1.29, 1.82) is 0 Å². The molecule has 1 aliphatic heterocycles. The van der Waals surface area contributed by atoms with E-state index in [1.165, 1.54) is 0 Å². The van der Waals surface area contributed by atoms with Crippen LogP contribution in [0.5, 0.6) is 5.75 Å². The van der Waals surface area contributed by atoms with E-state index in [4.69, 9.17) is 4.74 Å². The molecule has 0 bridgehead atoms. The zero-order valence-electron chi connectivity index (χ0n) is 16.3. The average Bonchev–Trinajstić information content (AvgIpc) is 2.67. The molecule has 1 saturated heterocycles. The number of aryl methyl sites for hydroxylation is 2. The number of piperidine rings is 1. The first kappa shape index (κ1) is 20.8. The summed E-state index contributed by atoms with van der Waals surface area (Å²) in [5.74, 6) is 0.848. The van der Waals surface area contributed by atoms with Gasteiger partial charge in [0, 0.05) is 13.1 Å². The van der Waals surface area contributed by atoms with Gasteiger partial charge < -0.3 is 25.2 Å². The van der Waals surface area contributed by atoms with Gasteiger partial charge in [0.15, 0.2) is 0 Å². The van der Waals surface area contributed by atoms with Crippen LogP contribution in [0.4, 0.5) is 0 Å². The number of likely N-dealkylation sites (tertiary alicyclic amines) is 1. The summed E-state index contributed by atoms with van der Waals surface area (Å²) in [5.41, 5.74) is 4.11. The third kappa shape index (κ3) is 4.54. The molecule has 1 heterocycles. The van der Waals surface area contributed by atoms with E-state index in [0.717, 1.165) is 28.0 Å². The fraction of sp³-hybridized carbons (Fsp3) is 0.455. The molecule has 0 amide bonds. The quantitative estimate of drug-likeness (QED) is 0.594. The Morgan fingerprint density at radius 1 is 0.964 bits per heavy atom. The highest BCUT2D eigenvalue weighted by atomic mass is 16.5. The van der Waals surface area contributed by atoms with Crippen LogP contribution in [0.1, 0.15) is 22.3 Å². The van der Waals surface area contributed by atoms with Crippen LogP contribution < -0.4 is 4.74 Å². The van der Waals surface area contributed by atoms with Crippen LogP contribution in [0.25, 0.3) is 0 Å². The molecule has 1 fully saturated rings. The van der Waals surface area contributed by atoms with E-state index in [1.807, 2.05) is 56.3 Å². The SMILES string of the molecule is Cc1cc(CN2CC(O)C(O)C(O)C2CO)cc(C)c1OCc1ccccc1. The lowest BCUT2D eigenvalue weighted by Crippen LogP contribution is -2.62. The van der Waals surface area contributed by atoms with Crippen molar-refractivity contribution < 1.29 is 25.2 Å². The summed E-state index contributed by atoms with van der Waals surface area (Å²) in [4.78, 5) is 1.81. The Kier molecular flexibility index (Phi) is 6.69. The topological polar surface area (TPSA) is 93.4 Å². The molecule has 3 rings (SSSR count). The van der Waals surface area contributed by atoms with Gasteiger partial charge in [0.2, 0.25) is 0 Å². The predicted molar refractivity (Wildman–Crippen MR) is 106 cm³/mol. The van der Waals surface area contributed by atoms with Crippen LogP contribution >= 0.6 is 0 Å². The van der Waals surface area contributed by atoms with E-state index in [1.54, 1.807) is 4.90 Å². The molecule has 0 spiro atoms. The Labute approximate surface area is 165 Å². The minimum atomic E-state index is -1.24. The monoisotopic (exact) mass is 387 g/mol. The van der Waals surface area contributed by atoms with Gasteiger partial charge in [-0.15, -0.1) is 0 Å². The molecule has 0 aliphatic carbocycles. The molecule has 28 heavy (non-hydrogen) atoms. The molecule has 1 aliphatic rings. The van der Waals surface area contributed by atoms with Gasteiger partial charge in [-0.3, -0.25) is 4.90 Å². The fourth-order valence-corrected chi connectivity index (χ4v) is 3.88. The van der Waals surface area contributed by atoms with Crippen molar-refractivity contribution in [1.82, 2.24) is 4.90 Å². The van der Waals surface area contributed by atoms with Gasteiger partial charge in [0.25, 0.3) is 0 Å². The first-order valence-corrected chi connectivity index (χ1v) is 9.56. The second-order valence-corrected chi connectivity index (χ2v) is 7.56. The number of hydrogen-bond acceptors (Lipinski definition) is 6. The lowest BCUT2D eigenvalue weighted by atomic mass is 9.93. The Morgan fingerprint density at radius 3 is 2.21 bits per heavy atom. The Bertz CT molecular complexity index is 759. The summed E-state index contributed by atoms with van der Waals surface area (Å²) in [5, 5.41) is 39.6. The summed E-state index contributed by atoms with van der Waals surface area (Å²) in [6, 6.07) is 13.4. The lowest BCUT2D eigenvalue weighted by Gasteiger charge is -2.43. The van der Waals surface area contributed by atoms with Gasteiger partial charge in [0.1, 0.15) is 24.6 Å². The molecular weight excluding hydrogens is 358 g/mol. The van der Waals surface area contributed by atoms with Gasteiger partial charge in [-0.25, -0.2) is 0 Å². The zero-order valence-corrected chi connectivity index (χ0v) is 16.3. The normalized spacial score (nSPS) is 25.6. The van der Waals surface area contributed by atoms with Crippen LogP contribution in [0, 0.1) is 13.8 Å². The zero-order chi connectivity index (χ0) is 20.3. The van der Waals surface area contributed by atoms with E-state index in [2.05, 4.69) is 0 Å². The van der Waals surface area contributed by atoms with Crippen LogP contribution in [0.2, 0.25) is 0 Å². The molecule has 6 heteroatoms. The van der Waals surface area contributed by atoms with Crippen molar-refractivity contribution in [3.05, 3.63) is 64.7 Å². The molecule has 4 N–H and O–H groups in total. The third-order valence-corrected chi connectivity index (χ3v) is 5.35. The smallest absolute Gasteiger partial charge is 0.125 e. The summed E-state index contributed by atoms with van der Waals surface area (Å²) in [6.07, 6.45) is -3.48. The second-order valence-electron chi connectivity index (χ2n) is 7.56. The van der Waals surface area contributed by atoms with Crippen LogP contribution in [-0.4, -0.2) is 62.8 Å². The second kappa shape index (κ2) is 9.03. The third-order valence-electron chi connectivity index (χ3n) is 5.35. The maximum atomic E-state index is 10.2. The number of hydrogen-bond donors (Lipinski definition) is 4. The molecule has 0 radical (unpaired) electrons. The first-order valence-electron chi connectivity index (χ1n) is 9.56. The van der Waals surface area contributed by atoms with Gasteiger partial charge in [-0.2, -0.15) is 0 Å². The molecule has 6 nitrogen and oxygen atoms in total. The van der Waals surface area contributed by atoms with E-state index in [0.29, 0.717) is 13.2 Å². The molecule has 0 saturated carbocycles. The molecule has 2 aromatic carbocycles. The van der Waals surface area contributed by atoms with Crippen LogP contribution in [0.15, 0.2) is 42.5 Å². The molecule has 2 aromatic rings. The van der Waals surface area contributed by atoms with Gasteiger partial charge in [-0.1, -0.05) is 42.5 Å². The summed E-state index contributed by atoms with van der Waals surface area (Å²) < 4.78 is 6.02. The highest BCUT2D eigenvalue weighted by molar-refractivity contribution is 5.43. The number of rotatable bonds is 6. The minimum Gasteiger partial charge on any atom is -0.488 e. The van der Waals surface area contributed by atoms with Crippen molar-refractivity contribution in [2.75, 3.05) is 13.2 Å². The number of ether oxygens (including phenoxy) is 1. The van der Waals surface area contributed by atoms with Crippen LogP contribution in [0.3, 0.4) is 0 Å². The van der Waals surface area contributed by atoms with E-state index in [9.17, 15) is 20.4 Å². The molecular formula is C22H29NO5. The van der Waals surface area contributed by atoms with Crippen molar-refractivity contribution in [2.45, 2.75) is 51.4 Å². The number of nitrogens with zero attached hydrogens (tertiary/aromatic N) is 1. The maximum Gasteiger partial charge on any atom is 0.125 e. The highest BCUT2D eigenvalue weighted by Crippen LogP contribution is 2.28. The number of β-amino-alcohol motifs (C(OH)–C–C–N with tert-alkyl or cyclic N) is 1. The van der Waals surface area contributed by atoms with Crippen molar-refractivity contribution in [2.24, 2.45) is 0 Å². The number of aliphatic hydroxyl groups excluding tert-OH is 4. The lowest BCUT2D eigenvalue weighted by molar-refractivity contribution is -0.147. The summed E-state index contributed by atoms with van der Waals surface area (Å²) >= 11 is 0. The number of aliphatic hydroxyl groups is 4. The van der Waals surface area contributed by atoms with Gasteiger partial charge in [-0.05, 0) is 36.1 Å². The largest absolute Gasteiger partial charge is 0.488 e. The molecule has 0 aromatic heterocycles. The Morgan fingerprint density at radius 2 is 1.61 bits per heavy atom. The highest BCUT2D eigenvalue weighted by Gasteiger charge is 2.40. The van der Waals surface area contributed by atoms with Crippen LogP contribution in [-0.2, 0) is 13.2 Å². The van der Waals surface area contributed by atoms with Gasteiger partial charge >= 0.3 is 0 Å². The summed E-state index contributed by atoms with van der Waals surface area (Å²) in [6.45, 7) is 4.83. The fourth-order valence-electron chi connectivity index (χ4n) is 3.88. The van der Waals surface area contributed by atoms with E-state index in [-0.39, 0.29) is 13.2 Å². The predicted octanol–water partition coefficient (Wildman–Crippen LogP) is 1.14. The maximum absolute atomic E-state index is 10.2. The molecule has 152 valence electrons. The first-order chi connectivity index (χ1) is 13.4. The molecule has 4 atom stereocenters. The van der Waals surface area contributed by atoms with Crippen molar-refractivity contribution in [3.8, 4) is 5.75 Å². The minimum absolute atomic E-state index is 0.188. The Balaban J connectivity index is 1.73. The molecule has 4 unspecified atom stereocenters. The summed E-state index contributed by atoms with van der Waals surface area (Å²) in [7, 11) is 0. The van der Waals surface area contributed by atoms with Gasteiger partial charge in [0.05, 0.1) is 18.8 Å².